The largest absolute Gasteiger partial charge is 0.347 e. The predicted octanol–water partition coefficient (Wildman–Crippen LogP) is 1.67. The average molecular weight is 354 g/mol. The van der Waals surface area contributed by atoms with Crippen molar-refractivity contribution in [2.75, 3.05) is 31.5 Å². The number of benzene rings is 1. The van der Waals surface area contributed by atoms with Crippen molar-refractivity contribution in [2.45, 2.75) is 26.3 Å². The highest BCUT2D eigenvalue weighted by molar-refractivity contribution is 6.30. The van der Waals surface area contributed by atoms with Crippen molar-refractivity contribution < 1.29 is 15.3 Å². The van der Waals surface area contributed by atoms with Gasteiger partial charge in [-0.3, -0.25) is 4.79 Å². The van der Waals surface area contributed by atoms with Crippen molar-refractivity contribution in [3.05, 3.63) is 29.3 Å². The minimum atomic E-state index is -0.221. The molecular formula is C17H26ClN4O2+. The van der Waals surface area contributed by atoms with E-state index in [1.807, 2.05) is 11.8 Å². The molecule has 1 aromatic carbocycles. The minimum Gasteiger partial charge on any atom is -0.347 e. The van der Waals surface area contributed by atoms with E-state index in [-0.39, 0.29) is 23.9 Å². The van der Waals surface area contributed by atoms with E-state index in [0.29, 0.717) is 36.9 Å². The lowest BCUT2D eigenvalue weighted by atomic mass is 9.98. The number of amides is 3. The molecule has 0 saturated carbocycles. The third-order valence-corrected chi connectivity index (χ3v) is 4.84. The van der Waals surface area contributed by atoms with Crippen molar-refractivity contribution in [1.29, 1.82) is 0 Å². The number of piperazine rings is 1. The zero-order valence-corrected chi connectivity index (χ0v) is 15.1. The van der Waals surface area contributed by atoms with E-state index in [9.17, 15) is 9.59 Å². The Bertz CT molecular complexity index is 588. The molecule has 1 saturated heterocycles. The number of hydrogen-bond acceptors (Lipinski definition) is 2. The van der Waals surface area contributed by atoms with Gasteiger partial charge in [0.05, 0.1) is 0 Å². The molecule has 0 unspecified atom stereocenters. The summed E-state index contributed by atoms with van der Waals surface area (Å²) in [5.41, 5.74) is 4.67. The molecule has 4 N–H and O–H groups in total. The van der Waals surface area contributed by atoms with E-state index >= 15 is 0 Å². The van der Waals surface area contributed by atoms with Crippen LogP contribution in [0.2, 0.25) is 5.02 Å². The summed E-state index contributed by atoms with van der Waals surface area (Å²) in [6, 6.07) is 6.66. The van der Waals surface area contributed by atoms with Crippen LogP contribution in [-0.2, 0) is 4.79 Å². The first-order valence-corrected chi connectivity index (χ1v) is 8.73. The van der Waals surface area contributed by atoms with Gasteiger partial charge in [0.25, 0.3) is 5.91 Å². The maximum atomic E-state index is 12.4. The van der Waals surface area contributed by atoms with Gasteiger partial charge in [-0.1, -0.05) is 31.5 Å². The molecule has 1 fully saturated rings. The van der Waals surface area contributed by atoms with Crippen LogP contribution in [-0.4, -0.2) is 54.0 Å². The molecule has 0 radical (unpaired) electrons. The van der Waals surface area contributed by atoms with Crippen LogP contribution in [0, 0.1) is 5.92 Å². The summed E-state index contributed by atoms with van der Waals surface area (Å²) >= 11 is 5.92. The van der Waals surface area contributed by atoms with Gasteiger partial charge in [0, 0.05) is 42.8 Å². The fourth-order valence-corrected chi connectivity index (χ4v) is 2.85. The van der Waals surface area contributed by atoms with Crippen molar-refractivity contribution in [1.82, 2.24) is 9.80 Å². The second-order valence-electron chi connectivity index (χ2n) is 6.24. The van der Waals surface area contributed by atoms with Gasteiger partial charge in [0.15, 0.2) is 6.04 Å². The molecule has 0 spiro atoms. The van der Waals surface area contributed by atoms with Crippen LogP contribution >= 0.6 is 11.6 Å². The van der Waals surface area contributed by atoms with Crippen LogP contribution in [0.25, 0.3) is 0 Å². The highest BCUT2D eigenvalue weighted by atomic mass is 35.5. The molecule has 2 atom stereocenters. The Labute approximate surface area is 147 Å². The van der Waals surface area contributed by atoms with E-state index in [1.54, 1.807) is 29.2 Å². The van der Waals surface area contributed by atoms with E-state index in [1.165, 1.54) is 0 Å². The second kappa shape index (κ2) is 8.35. The SMILES string of the molecule is CC[C@@H](C)[C@@H]([NH3+])C(=O)N1CCN(C(=O)Nc2cccc(Cl)c2)CC1. The quantitative estimate of drug-likeness (QED) is 0.863. The number of carbonyl (C=O) groups is 2. The maximum absolute atomic E-state index is 12.4. The third kappa shape index (κ3) is 4.61. The molecule has 1 heterocycles. The summed E-state index contributed by atoms with van der Waals surface area (Å²) in [7, 11) is 0. The number of quaternary nitrogens is 1. The summed E-state index contributed by atoms with van der Waals surface area (Å²) in [5, 5.41) is 3.41. The van der Waals surface area contributed by atoms with Crippen molar-refractivity contribution in [2.24, 2.45) is 5.92 Å². The lowest BCUT2D eigenvalue weighted by Gasteiger charge is -2.35. The summed E-state index contributed by atoms with van der Waals surface area (Å²) < 4.78 is 0. The zero-order valence-electron chi connectivity index (χ0n) is 14.3. The number of nitrogens with one attached hydrogen (secondary N) is 1. The number of nitrogens with zero attached hydrogens (tertiary/aromatic N) is 2. The highest BCUT2D eigenvalue weighted by Crippen LogP contribution is 2.16. The van der Waals surface area contributed by atoms with Crippen LogP contribution in [0.3, 0.4) is 0 Å². The molecule has 1 aromatic rings. The number of hydrogen-bond donors (Lipinski definition) is 2. The van der Waals surface area contributed by atoms with E-state index in [2.05, 4.69) is 18.0 Å². The first-order chi connectivity index (χ1) is 11.4. The molecule has 2 rings (SSSR count). The number of anilines is 1. The van der Waals surface area contributed by atoms with Crippen LogP contribution in [0.4, 0.5) is 10.5 Å². The first kappa shape index (κ1) is 18.5. The fraction of sp³-hybridized carbons (Fsp3) is 0.529. The monoisotopic (exact) mass is 353 g/mol. The third-order valence-electron chi connectivity index (χ3n) is 4.60. The molecular weight excluding hydrogens is 328 g/mol. The van der Waals surface area contributed by atoms with Crippen molar-refractivity contribution >= 4 is 29.2 Å². The molecule has 0 aliphatic carbocycles. The molecule has 0 bridgehead atoms. The van der Waals surface area contributed by atoms with Gasteiger partial charge in [-0.05, 0) is 24.6 Å². The zero-order chi connectivity index (χ0) is 17.7. The average Bonchev–Trinajstić information content (AvgIpc) is 2.59. The molecule has 0 aromatic heterocycles. The van der Waals surface area contributed by atoms with Gasteiger partial charge in [-0.15, -0.1) is 0 Å². The van der Waals surface area contributed by atoms with Crippen molar-refractivity contribution in [3.8, 4) is 0 Å². The van der Waals surface area contributed by atoms with Gasteiger partial charge in [0.1, 0.15) is 0 Å². The Balaban J connectivity index is 1.86. The maximum Gasteiger partial charge on any atom is 0.321 e. The van der Waals surface area contributed by atoms with Crippen LogP contribution in [0.15, 0.2) is 24.3 Å². The molecule has 132 valence electrons. The number of urea groups is 1. The molecule has 6 nitrogen and oxygen atoms in total. The molecule has 1 aliphatic rings. The molecule has 24 heavy (non-hydrogen) atoms. The fourth-order valence-electron chi connectivity index (χ4n) is 2.66. The Kier molecular flexibility index (Phi) is 6.45. The second-order valence-corrected chi connectivity index (χ2v) is 6.68. The van der Waals surface area contributed by atoms with Crippen LogP contribution < -0.4 is 11.1 Å². The van der Waals surface area contributed by atoms with E-state index in [0.717, 1.165) is 6.42 Å². The smallest absolute Gasteiger partial charge is 0.321 e. The van der Waals surface area contributed by atoms with Gasteiger partial charge in [0.2, 0.25) is 0 Å². The Morgan fingerprint density at radius 2 is 1.88 bits per heavy atom. The van der Waals surface area contributed by atoms with Gasteiger partial charge >= 0.3 is 6.03 Å². The Morgan fingerprint density at radius 3 is 2.46 bits per heavy atom. The minimum absolute atomic E-state index is 0.0826. The summed E-state index contributed by atoms with van der Waals surface area (Å²) in [4.78, 5) is 28.3. The van der Waals surface area contributed by atoms with Gasteiger partial charge in [-0.25, -0.2) is 4.79 Å². The number of rotatable bonds is 4. The van der Waals surface area contributed by atoms with Gasteiger partial charge < -0.3 is 20.9 Å². The van der Waals surface area contributed by atoms with Crippen molar-refractivity contribution in [3.63, 3.8) is 0 Å². The Hall–Kier alpha value is -1.79. The topological polar surface area (TPSA) is 80.3 Å². The summed E-state index contributed by atoms with van der Waals surface area (Å²) in [6.45, 7) is 6.24. The van der Waals surface area contributed by atoms with Gasteiger partial charge in [-0.2, -0.15) is 0 Å². The van der Waals surface area contributed by atoms with Crippen LogP contribution in [0.5, 0.6) is 0 Å². The van der Waals surface area contributed by atoms with Crippen LogP contribution in [0.1, 0.15) is 20.3 Å². The lowest BCUT2D eigenvalue weighted by molar-refractivity contribution is -0.417. The van der Waals surface area contributed by atoms with E-state index < -0.39 is 0 Å². The normalized spacial score (nSPS) is 17.3. The number of carbonyl (C=O) groups excluding carboxylic acids is 2. The lowest BCUT2D eigenvalue weighted by Crippen LogP contribution is -2.71. The molecule has 3 amide bonds. The highest BCUT2D eigenvalue weighted by Gasteiger charge is 2.31. The summed E-state index contributed by atoms with van der Waals surface area (Å²) in [5.74, 6) is 0.348. The predicted molar refractivity (Wildman–Crippen MR) is 94.8 cm³/mol. The Morgan fingerprint density at radius 1 is 1.25 bits per heavy atom. The first-order valence-electron chi connectivity index (χ1n) is 8.35. The summed E-state index contributed by atoms with van der Waals surface area (Å²) in [6.07, 6.45) is 0.932. The molecule has 1 aliphatic heterocycles. The standard InChI is InChI=1S/C17H25ClN4O2/c1-3-12(2)15(19)16(23)21-7-9-22(10-8-21)17(24)20-14-6-4-5-13(18)11-14/h4-6,11-12,15H,3,7-10,19H2,1-2H3,(H,20,24)/p+1/t12-,15-/m1/s1. The number of halogens is 1. The van der Waals surface area contributed by atoms with E-state index in [4.69, 9.17) is 11.6 Å². The molecule has 7 heteroatoms.